The van der Waals surface area contributed by atoms with Gasteiger partial charge in [-0.05, 0) is 48.4 Å². The zero-order valence-corrected chi connectivity index (χ0v) is 15.0. The number of quaternary nitrogens is 1. The molecular weight excluding hydrogens is 316 g/mol. The van der Waals surface area contributed by atoms with Crippen molar-refractivity contribution in [1.82, 2.24) is 0 Å². The minimum atomic E-state index is 0.138. The van der Waals surface area contributed by atoms with Crippen molar-refractivity contribution in [2.24, 2.45) is 5.92 Å². The fourth-order valence-electron chi connectivity index (χ4n) is 3.93. The average molecular weight is 342 g/mol. The molecule has 2 N–H and O–H groups in total. The summed E-state index contributed by atoms with van der Waals surface area (Å²) in [6.45, 7) is 3.80. The fourth-order valence-corrected chi connectivity index (χ4v) is 4.86. The van der Waals surface area contributed by atoms with Crippen LogP contribution in [0.1, 0.15) is 41.8 Å². The SMILES string of the molecule is CCc1ccc(NC(=O)C[NH+]2CCc3sccc3[C@H]2C2CC2)cc1. The smallest absolute Gasteiger partial charge is 0.279 e. The molecule has 0 spiro atoms. The lowest BCUT2D eigenvalue weighted by atomic mass is 9.96. The summed E-state index contributed by atoms with van der Waals surface area (Å²) in [4.78, 5) is 15.5. The van der Waals surface area contributed by atoms with Gasteiger partial charge in [0.05, 0.1) is 6.54 Å². The Morgan fingerprint density at radius 2 is 2.04 bits per heavy atom. The van der Waals surface area contributed by atoms with Crippen molar-refractivity contribution < 1.29 is 9.69 Å². The van der Waals surface area contributed by atoms with E-state index < -0.39 is 0 Å². The number of fused-ring (bicyclic) bond motifs is 1. The van der Waals surface area contributed by atoms with Crippen molar-refractivity contribution in [2.45, 2.75) is 38.6 Å². The van der Waals surface area contributed by atoms with Crippen LogP contribution in [0.2, 0.25) is 0 Å². The Morgan fingerprint density at radius 1 is 1.25 bits per heavy atom. The Hall–Kier alpha value is -1.65. The number of anilines is 1. The first-order valence-electron chi connectivity index (χ1n) is 9.04. The van der Waals surface area contributed by atoms with Gasteiger partial charge in [0.2, 0.25) is 0 Å². The molecule has 2 aliphatic rings. The number of nitrogens with one attached hydrogen (secondary N) is 2. The summed E-state index contributed by atoms with van der Waals surface area (Å²) in [7, 11) is 0. The number of rotatable bonds is 5. The number of hydrogen-bond donors (Lipinski definition) is 2. The number of amides is 1. The molecule has 4 rings (SSSR count). The third-order valence-corrected chi connectivity index (χ3v) is 6.35. The lowest BCUT2D eigenvalue weighted by Crippen LogP contribution is -3.14. The third-order valence-electron chi connectivity index (χ3n) is 5.35. The van der Waals surface area contributed by atoms with Crippen LogP contribution in [0.5, 0.6) is 0 Å². The van der Waals surface area contributed by atoms with Crippen molar-refractivity contribution in [3.63, 3.8) is 0 Å². The van der Waals surface area contributed by atoms with Gasteiger partial charge in [0, 0.05) is 28.5 Å². The Bertz CT molecular complexity index is 717. The standard InChI is InChI=1S/C20H24N2OS/c1-2-14-3-7-16(8-4-14)21-19(23)13-22-11-9-18-17(10-12-24-18)20(22)15-5-6-15/h3-4,7-8,10,12,15,20H,2,5-6,9,11,13H2,1H3,(H,21,23)/p+1/t20-/m1/s1. The molecule has 2 heterocycles. The average Bonchev–Trinajstić information content (AvgIpc) is 3.31. The highest BCUT2D eigenvalue weighted by Crippen LogP contribution is 2.42. The first kappa shape index (κ1) is 15.9. The molecule has 24 heavy (non-hydrogen) atoms. The van der Waals surface area contributed by atoms with Crippen LogP contribution >= 0.6 is 11.3 Å². The van der Waals surface area contributed by atoms with E-state index in [2.05, 4.69) is 35.8 Å². The second-order valence-corrected chi connectivity index (χ2v) is 8.05. The largest absolute Gasteiger partial charge is 0.321 e. The summed E-state index contributed by atoms with van der Waals surface area (Å²) in [5.74, 6) is 0.920. The van der Waals surface area contributed by atoms with E-state index in [1.165, 1.54) is 28.9 Å². The van der Waals surface area contributed by atoms with E-state index in [1.807, 2.05) is 23.5 Å². The zero-order valence-electron chi connectivity index (χ0n) is 14.2. The van der Waals surface area contributed by atoms with Crippen LogP contribution in [0.15, 0.2) is 35.7 Å². The van der Waals surface area contributed by atoms with Gasteiger partial charge in [-0.2, -0.15) is 0 Å². The van der Waals surface area contributed by atoms with Gasteiger partial charge in [-0.15, -0.1) is 11.3 Å². The molecule has 1 saturated carbocycles. The second-order valence-electron chi connectivity index (χ2n) is 7.05. The summed E-state index contributed by atoms with van der Waals surface area (Å²) < 4.78 is 0. The molecule has 1 aliphatic heterocycles. The van der Waals surface area contributed by atoms with Gasteiger partial charge < -0.3 is 10.2 Å². The van der Waals surface area contributed by atoms with Crippen molar-refractivity contribution in [3.05, 3.63) is 51.7 Å². The minimum absolute atomic E-state index is 0.138. The van der Waals surface area contributed by atoms with E-state index in [-0.39, 0.29) is 5.91 Å². The molecule has 0 radical (unpaired) electrons. The summed E-state index contributed by atoms with van der Waals surface area (Å²) in [5, 5.41) is 5.30. The van der Waals surface area contributed by atoms with Crippen LogP contribution in [0.25, 0.3) is 0 Å². The molecule has 4 heteroatoms. The Kier molecular flexibility index (Phi) is 4.42. The zero-order chi connectivity index (χ0) is 16.5. The number of carbonyl (C=O) groups excluding carboxylic acids is 1. The second kappa shape index (κ2) is 6.69. The summed E-state index contributed by atoms with van der Waals surface area (Å²) in [6, 6.07) is 11.0. The van der Waals surface area contributed by atoms with Crippen molar-refractivity contribution in [2.75, 3.05) is 18.4 Å². The molecule has 2 atom stereocenters. The monoisotopic (exact) mass is 341 g/mol. The van der Waals surface area contributed by atoms with Gasteiger partial charge in [-0.3, -0.25) is 4.79 Å². The van der Waals surface area contributed by atoms with Gasteiger partial charge in [-0.25, -0.2) is 0 Å². The van der Waals surface area contributed by atoms with Crippen LogP contribution in [-0.2, 0) is 17.6 Å². The predicted octanol–water partition coefficient (Wildman–Crippen LogP) is 2.84. The summed E-state index contributed by atoms with van der Waals surface area (Å²) in [5.41, 5.74) is 3.73. The molecule has 0 saturated heterocycles. The minimum Gasteiger partial charge on any atom is -0.321 e. The van der Waals surface area contributed by atoms with E-state index in [1.54, 1.807) is 4.88 Å². The van der Waals surface area contributed by atoms with Crippen molar-refractivity contribution >= 4 is 22.9 Å². The normalized spacial score (nSPS) is 22.9. The molecular formula is C20H25N2OS+. The van der Waals surface area contributed by atoms with E-state index in [9.17, 15) is 4.79 Å². The Morgan fingerprint density at radius 3 is 2.75 bits per heavy atom. The number of benzene rings is 1. The van der Waals surface area contributed by atoms with E-state index in [0.717, 1.165) is 31.0 Å². The summed E-state index contributed by atoms with van der Waals surface area (Å²) in [6.07, 6.45) is 4.79. The van der Waals surface area contributed by atoms with Crippen LogP contribution < -0.4 is 10.2 Å². The lowest BCUT2D eigenvalue weighted by Gasteiger charge is -2.32. The molecule has 1 aliphatic carbocycles. The molecule has 2 aromatic rings. The number of aryl methyl sites for hydroxylation is 1. The lowest BCUT2D eigenvalue weighted by molar-refractivity contribution is -0.928. The summed E-state index contributed by atoms with van der Waals surface area (Å²) >= 11 is 1.89. The first-order valence-corrected chi connectivity index (χ1v) is 9.92. The van der Waals surface area contributed by atoms with Gasteiger partial charge in [0.1, 0.15) is 6.04 Å². The molecule has 1 amide bonds. The van der Waals surface area contributed by atoms with Gasteiger partial charge in [0.25, 0.3) is 5.91 Å². The third kappa shape index (κ3) is 3.26. The quantitative estimate of drug-likeness (QED) is 0.861. The maximum atomic E-state index is 12.5. The fraction of sp³-hybridized carbons (Fsp3) is 0.450. The molecule has 1 unspecified atom stereocenters. The van der Waals surface area contributed by atoms with Crippen LogP contribution in [-0.4, -0.2) is 19.0 Å². The van der Waals surface area contributed by atoms with E-state index in [0.29, 0.717) is 12.6 Å². The van der Waals surface area contributed by atoms with Gasteiger partial charge >= 0.3 is 0 Å². The Balaban J connectivity index is 1.43. The Labute approximate surface area is 147 Å². The molecule has 1 aromatic carbocycles. The predicted molar refractivity (Wildman–Crippen MR) is 98.6 cm³/mol. The molecule has 0 bridgehead atoms. The highest BCUT2D eigenvalue weighted by atomic mass is 32.1. The first-order chi connectivity index (χ1) is 11.7. The number of carbonyl (C=O) groups is 1. The van der Waals surface area contributed by atoms with Gasteiger partial charge in [0.15, 0.2) is 6.54 Å². The highest BCUT2D eigenvalue weighted by Gasteiger charge is 2.43. The maximum Gasteiger partial charge on any atom is 0.279 e. The number of thiophene rings is 1. The molecule has 3 nitrogen and oxygen atoms in total. The topological polar surface area (TPSA) is 33.5 Å². The molecule has 126 valence electrons. The molecule has 1 fully saturated rings. The van der Waals surface area contributed by atoms with Gasteiger partial charge in [-0.1, -0.05) is 19.1 Å². The van der Waals surface area contributed by atoms with Crippen LogP contribution in [0.3, 0.4) is 0 Å². The van der Waals surface area contributed by atoms with Crippen LogP contribution in [0.4, 0.5) is 5.69 Å². The van der Waals surface area contributed by atoms with E-state index >= 15 is 0 Å². The van der Waals surface area contributed by atoms with Crippen molar-refractivity contribution in [3.8, 4) is 0 Å². The molecule has 1 aromatic heterocycles. The van der Waals surface area contributed by atoms with Crippen molar-refractivity contribution in [1.29, 1.82) is 0 Å². The van der Waals surface area contributed by atoms with Crippen LogP contribution in [0, 0.1) is 5.92 Å². The number of hydrogen-bond acceptors (Lipinski definition) is 2. The van der Waals surface area contributed by atoms with E-state index in [4.69, 9.17) is 0 Å². The highest BCUT2D eigenvalue weighted by molar-refractivity contribution is 7.10. The maximum absolute atomic E-state index is 12.5.